The summed E-state index contributed by atoms with van der Waals surface area (Å²) in [5.74, 6) is 0.380. The third-order valence-corrected chi connectivity index (χ3v) is 6.27. The van der Waals surface area contributed by atoms with Crippen molar-refractivity contribution in [1.82, 2.24) is 0 Å². The second kappa shape index (κ2) is 5.42. The maximum atomic E-state index is 9.89. The Balaban J connectivity index is 1.51. The van der Waals surface area contributed by atoms with Gasteiger partial charge in [0.25, 0.3) is 0 Å². The van der Waals surface area contributed by atoms with Gasteiger partial charge in [0.1, 0.15) is 0 Å². The molecule has 126 valence electrons. The Bertz CT molecular complexity index is 413. The van der Waals surface area contributed by atoms with Gasteiger partial charge in [-0.1, -0.05) is 13.8 Å². The molecule has 5 heteroatoms. The predicted octanol–water partition coefficient (Wildman–Crippen LogP) is 3.32. The van der Waals surface area contributed by atoms with E-state index in [4.69, 9.17) is 19.6 Å². The van der Waals surface area contributed by atoms with Gasteiger partial charge in [0.2, 0.25) is 11.6 Å². The van der Waals surface area contributed by atoms with Crippen LogP contribution in [0.4, 0.5) is 0 Å². The number of aliphatic hydroxyl groups is 1. The summed E-state index contributed by atoms with van der Waals surface area (Å²) < 4.78 is 0. The van der Waals surface area contributed by atoms with Gasteiger partial charge in [-0.05, 0) is 50.4 Å². The molecule has 1 saturated heterocycles. The summed E-state index contributed by atoms with van der Waals surface area (Å²) in [6.45, 7) is 4.49. The van der Waals surface area contributed by atoms with Gasteiger partial charge < -0.3 is 5.11 Å². The van der Waals surface area contributed by atoms with Crippen LogP contribution in [0.5, 0.6) is 0 Å². The largest absolute Gasteiger partial charge is 0.393 e. The summed E-state index contributed by atoms with van der Waals surface area (Å²) in [4.78, 5) is 23.4. The van der Waals surface area contributed by atoms with Crippen LogP contribution in [0, 0.1) is 23.7 Å². The van der Waals surface area contributed by atoms with E-state index in [1.807, 2.05) is 0 Å². The standard InChI is InChI=1S/C17H28O5/c1-11-6-13-8-12(2)17(14(7-11)9-13)21-19-16(20-22-17)5-3-4-15(18)10-16/h11-15,18H,3-10H2,1-2H3. The molecule has 4 rings (SSSR count). The van der Waals surface area contributed by atoms with Crippen LogP contribution in [0.3, 0.4) is 0 Å². The number of hydrogen-bond acceptors (Lipinski definition) is 5. The maximum Gasteiger partial charge on any atom is 0.239 e. The van der Waals surface area contributed by atoms with Gasteiger partial charge in [-0.3, -0.25) is 0 Å². The Morgan fingerprint density at radius 1 is 0.955 bits per heavy atom. The Kier molecular flexibility index (Phi) is 3.78. The van der Waals surface area contributed by atoms with Gasteiger partial charge >= 0.3 is 0 Å². The molecule has 0 aromatic carbocycles. The van der Waals surface area contributed by atoms with E-state index in [1.54, 1.807) is 0 Å². The lowest BCUT2D eigenvalue weighted by atomic mass is 9.62. The minimum absolute atomic E-state index is 0.259. The van der Waals surface area contributed by atoms with Crippen LogP contribution >= 0.6 is 0 Å². The quantitative estimate of drug-likeness (QED) is 0.695. The molecule has 3 aliphatic carbocycles. The van der Waals surface area contributed by atoms with Crippen LogP contribution in [0.2, 0.25) is 0 Å². The molecule has 3 saturated carbocycles. The van der Waals surface area contributed by atoms with Gasteiger partial charge in [0, 0.05) is 24.7 Å². The van der Waals surface area contributed by atoms with Crippen LogP contribution in [0.15, 0.2) is 0 Å². The summed E-state index contributed by atoms with van der Waals surface area (Å²) in [5.41, 5.74) is 0. The normalized spacial score (nSPS) is 55.5. The van der Waals surface area contributed by atoms with E-state index < -0.39 is 17.7 Å². The van der Waals surface area contributed by atoms with E-state index in [0.29, 0.717) is 24.7 Å². The second-order valence-electron chi connectivity index (χ2n) is 8.23. The molecule has 5 atom stereocenters. The van der Waals surface area contributed by atoms with Crippen molar-refractivity contribution in [2.75, 3.05) is 0 Å². The summed E-state index contributed by atoms with van der Waals surface area (Å²) in [7, 11) is 0. The molecule has 1 N–H and O–H groups in total. The minimum Gasteiger partial charge on any atom is -0.393 e. The molecule has 2 bridgehead atoms. The Morgan fingerprint density at radius 2 is 1.73 bits per heavy atom. The summed E-state index contributed by atoms with van der Waals surface area (Å²) in [6, 6.07) is 0. The van der Waals surface area contributed by atoms with Crippen molar-refractivity contribution in [3.05, 3.63) is 0 Å². The van der Waals surface area contributed by atoms with Gasteiger partial charge in [0.05, 0.1) is 6.10 Å². The minimum atomic E-state index is -0.917. The van der Waals surface area contributed by atoms with Crippen LogP contribution in [0.1, 0.15) is 65.2 Å². The fourth-order valence-corrected chi connectivity index (χ4v) is 5.27. The second-order valence-corrected chi connectivity index (χ2v) is 8.23. The molecule has 1 aliphatic heterocycles. The Hall–Kier alpha value is -0.200. The molecule has 0 radical (unpaired) electrons. The maximum absolute atomic E-state index is 9.89. The summed E-state index contributed by atoms with van der Waals surface area (Å²) in [6.07, 6.45) is 7.02. The zero-order valence-corrected chi connectivity index (χ0v) is 13.6. The highest BCUT2D eigenvalue weighted by molar-refractivity contribution is 4.96. The fourth-order valence-electron chi connectivity index (χ4n) is 5.27. The van der Waals surface area contributed by atoms with E-state index in [0.717, 1.165) is 38.0 Å². The third kappa shape index (κ3) is 2.42. The Morgan fingerprint density at radius 3 is 2.45 bits per heavy atom. The van der Waals surface area contributed by atoms with Crippen molar-refractivity contribution < 1.29 is 24.7 Å². The molecule has 0 aromatic heterocycles. The van der Waals surface area contributed by atoms with Crippen LogP contribution in [-0.2, 0) is 19.6 Å². The molecular weight excluding hydrogens is 284 g/mol. The fraction of sp³-hybridized carbons (Fsp3) is 1.00. The highest BCUT2D eigenvalue weighted by Crippen LogP contribution is 2.55. The smallest absolute Gasteiger partial charge is 0.239 e. The number of rotatable bonds is 0. The molecule has 0 aromatic rings. The Labute approximate surface area is 132 Å². The van der Waals surface area contributed by atoms with E-state index in [9.17, 15) is 5.11 Å². The third-order valence-electron chi connectivity index (χ3n) is 6.27. The first kappa shape index (κ1) is 15.3. The molecule has 5 unspecified atom stereocenters. The molecular formula is C17H28O5. The van der Waals surface area contributed by atoms with Crippen LogP contribution in [-0.4, -0.2) is 22.8 Å². The molecule has 2 spiro atoms. The van der Waals surface area contributed by atoms with Crippen molar-refractivity contribution in [2.24, 2.45) is 23.7 Å². The average Bonchev–Trinajstić information content (AvgIpc) is 2.46. The molecule has 22 heavy (non-hydrogen) atoms. The number of hydrogen-bond donors (Lipinski definition) is 1. The van der Waals surface area contributed by atoms with Crippen molar-refractivity contribution in [2.45, 2.75) is 82.9 Å². The van der Waals surface area contributed by atoms with Gasteiger partial charge in [-0.15, -0.1) is 0 Å². The lowest BCUT2D eigenvalue weighted by Gasteiger charge is -2.55. The first-order chi connectivity index (χ1) is 10.5. The topological polar surface area (TPSA) is 57.2 Å². The van der Waals surface area contributed by atoms with Crippen molar-refractivity contribution >= 4 is 0 Å². The molecule has 4 aliphatic rings. The van der Waals surface area contributed by atoms with E-state index in [2.05, 4.69) is 13.8 Å². The predicted molar refractivity (Wildman–Crippen MR) is 78.1 cm³/mol. The lowest BCUT2D eigenvalue weighted by molar-refractivity contribution is -0.677. The zero-order valence-electron chi connectivity index (χ0n) is 13.6. The highest BCUT2D eigenvalue weighted by Gasteiger charge is 2.60. The van der Waals surface area contributed by atoms with E-state index >= 15 is 0 Å². The monoisotopic (exact) mass is 312 g/mol. The first-order valence-electron chi connectivity index (χ1n) is 8.93. The highest BCUT2D eigenvalue weighted by atomic mass is 17.4. The SMILES string of the molecule is CC1CC2CC(C)C3(OOC4(CCCC(O)C4)OO3)C(C1)C2. The van der Waals surface area contributed by atoms with E-state index in [1.165, 1.54) is 6.42 Å². The zero-order chi connectivity index (χ0) is 15.4. The lowest BCUT2D eigenvalue weighted by Crippen LogP contribution is -2.61. The van der Waals surface area contributed by atoms with Crippen molar-refractivity contribution in [1.29, 1.82) is 0 Å². The molecule has 5 nitrogen and oxygen atoms in total. The average molecular weight is 312 g/mol. The van der Waals surface area contributed by atoms with Gasteiger partial charge in [-0.25, -0.2) is 0 Å². The van der Waals surface area contributed by atoms with Crippen LogP contribution in [0.25, 0.3) is 0 Å². The van der Waals surface area contributed by atoms with Gasteiger partial charge in [0.15, 0.2) is 0 Å². The van der Waals surface area contributed by atoms with Gasteiger partial charge in [-0.2, -0.15) is 19.6 Å². The number of fused-ring (bicyclic) bond motifs is 3. The van der Waals surface area contributed by atoms with E-state index in [-0.39, 0.29) is 5.92 Å². The summed E-state index contributed by atoms with van der Waals surface area (Å²) in [5, 5.41) is 9.89. The number of aliphatic hydroxyl groups excluding tert-OH is 1. The first-order valence-corrected chi connectivity index (χ1v) is 8.93. The van der Waals surface area contributed by atoms with Crippen LogP contribution < -0.4 is 0 Å². The van der Waals surface area contributed by atoms with Crippen molar-refractivity contribution in [3.63, 3.8) is 0 Å². The van der Waals surface area contributed by atoms with Crippen molar-refractivity contribution in [3.8, 4) is 0 Å². The molecule has 4 fully saturated rings. The molecule has 0 amide bonds. The summed E-state index contributed by atoms with van der Waals surface area (Å²) >= 11 is 0. The molecule has 1 heterocycles.